The number of ether oxygens (including phenoxy) is 1. The van der Waals surface area contributed by atoms with Crippen molar-refractivity contribution in [2.75, 3.05) is 6.61 Å². The van der Waals surface area contributed by atoms with Gasteiger partial charge in [-0.15, -0.1) is 0 Å². The SMILES string of the molecule is C.O=CN[C@@H]1[C@@H](O)[C@H](O)[C@@H](CO)O[C@H]1O. The molecule has 90 valence electrons. The Morgan fingerprint density at radius 1 is 1.27 bits per heavy atom. The molecule has 5 N–H and O–H groups in total. The molecule has 1 aliphatic rings. The highest BCUT2D eigenvalue weighted by Crippen LogP contribution is 2.19. The molecule has 5 atom stereocenters. The third kappa shape index (κ3) is 2.86. The normalized spacial score (nSPS) is 40.4. The summed E-state index contributed by atoms with van der Waals surface area (Å²) >= 11 is 0. The molecule has 7 nitrogen and oxygen atoms in total. The predicted molar refractivity (Wildman–Crippen MR) is 49.7 cm³/mol. The van der Waals surface area contributed by atoms with Crippen molar-refractivity contribution in [1.82, 2.24) is 5.32 Å². The third-order valence-corrected chi connectivity index (χ3v) is 2.16. The van der Waals surface area contributed by atoms with Gasteiger partial charge in [-0.3, -0.25) is 4.79 Å². The van der Waals surface area contributed by atoms with Crippen LogP contribution in [0.15, 0.2) is 0 Å². The van der Waals surface area contributed by atoms with Gasteiger partial charge in [0.25, 0.3) is 0 Å². The maximum absolute atomic E-state index is 10.1. The number of rotatable bonds is 3. The third-order valence-electron chi connectivity index (χ3n) is 2.16. The Hall–Kier alpha value is -0.730. The summed E-state index contributed by atoms with van der Waals surface area (Å²) in [6.07, 6.45) is -4.94. The van der Waals surface area contributed by atoms with E-state index < -0.39 is 37.3 Å². The van der Waals surface area contributed by atoms with Crippen LogP contribution in [-0.4, -0.2) is 64.1 Å². The summed E-state index contributed by atoms with van der Waals surface area (Å²) in [6.45, 7) is -0.525. The average Bonchev–Trinajstić information content (AvgIpc) is 2.18. The van der Waals surface area contributed by atoms with E-state index in [0.717, 1.165) is 0 Å². The van der Waals surface area contributed by atoms with E-state index in [9.17, 15) is 20.1 Å². The molecule has 1 rings (SSSR count). The van der Waals surface area contributed by atoms with Crippen molar-refractivity contribution in [2.45, 2.75) is 38.1 Å². The standard InChI is InChI=1S/C7H13NO6.CH4/c9-1-3-5(11)6(12)4(8-2-10)7(13)14-3;/h2-7,9,11-13H,1H2,(H,8,10);1H4/t3-,4-,5-,6-,7-;/m1./s1. The van der Waals surface area contributed by atoms with E-state index >= 15 is 0 Å². The summed E-state index contributed by atoms with van der Waals surface area (Å²) in [4.78, 5) is 10.1. The quantitative estimate of drug-likeness (QED) is 0.329. The van der Waals surface area contributed by atoms with Gasteiger partial charge >= 0.3 is 0 Å². The number of amides is 1. The maximum Gasteiger partial charge on any atom is 0.207 e. The zero-order chi connectivity index (χ0) is 10.7. The molecule has 0 spiro atoms. The topological polar surface area (TPSA) is 119 Å². The lowest BCUT2D eigenvalue weighted by Crippen LogP contribution is -2.63. The highest BCUT2D eigenvalue weighted by molar-refractivity contribution is 5.47. The van der Waals surface area contributed by atoms with E-state index in [-0.39, 0.29) is 13.8 Å². The lowest BCUT2D eigenvalue weighted by Gasteiger charge is -2.39. The van der Waals surface area contributed by atoms with Gasteiger partial charge in [0, 0.05) is 0 Å². The largest absolute Gasteiger partial charge is 0.394 e. The molecule has 7 heteroatoms. The number of carbonyl (C=O) groups excluding carboxylic acids is 1. The van der Waals surface area contributed by atoms with E-state index in [4.69, 9.17) is 9.84 Å². The minimum atomic E-state index is -1.45. The molecule has 1 fully saturated rings. The van der Waals surface area contributed by atoms with Crippen LogP contribution in [0.2, 0.25) is 0 Å². The molecule has 0 aromatic rings. The lowest BCUT2D eigenvalue weighted by atomic mass is 9.97. The monoisotopic (exact) mass is 223 g/mol. The van der Waals surface area contributed by atoms with Crippen molar-refractivity contribution in [3.8, 4) is 0 Å². The maximum atomic E-state index is 10.1. The number of hydrogen-bond acceptors (Lipinski definition) is 6. The van der Waals surface area contributed by atoms with Crippen molar-refractivity contribution in [3.05, 3.63) is 0 Å². The molecule has 0 unspecified atom stereocenters. The summed E-state index contributed by atoms with van der Waals surface area (Å²) in [5.41, 5.74) is 0. The smallest absolute Gasteiger partial charge is 0.207 e. The van der Waals surface area contributed by atoms with Crippen LogP contribution in [0.1, 0.15) is 7.43 Å². The number of aliphatic hydroxyl groups is 4. The van der Waals surface area contributed by atoms with Gasteiger partial charge in [0.15, 0.2) is 6.29 Å². The van der Waals surface area contributed by atoms with E-state index in [2.05, 4.69) is 5.32 Å². The molecule has 0 aromatic carbocycles. The van der Waals surface area contributed by atoms with Crippen LogP contribution in [0.5, 0.6) is 0 Å². The van der Waals surface area contributed by atoms with Gasteiger partial charge in [0.05, 0.1) is 6.61 Å². The fourth-order valence-corrected chi connectivity index (χ4v) is 1.36. The number of nitrogens with one attached hydrogen (secondary N) is 1. The first-order valence-electron chi connectivity index (χ1n) is 4.12. The van der Waals surface area contributed by atoms with Crippen LogP contribution in [0.25, 0.3) is 0 Å². The second-order valence-electron chi connectivity index (χ2n) is 3.04. The Kier molecular flexibility index (Phi) is 5.69. The van der Waals surface area contributed by atoms with Gasteiger partial charge in [-0.2, -0.15) is 0 Å². The molecule has 1 saturated heterocycles. The van der Waals surface area contributed by atoms with Crippen LogP contribution in [0, 0.1) is 0 Å². The minimum absolute atomic E-state index is 0. The Balaban J connectivity index is 0.00000196. The van der Waals surface area contributed by atoms with Gasteiger partial charge in [-0.1, -0.05) is 7.43 Å². The summed E-state index contributed by atoms with van der Waals surface area (Å²) < 4.78 is 4.76. The summed E-state index contributed by atoms with van der Waals surface area (Å²) in [5, 5.41) is 38.9. The lowest BCUT2D eigenvalue weighted by molar-refractivity contribution is -0.253. The number of carbonyl (C=O) groups is 1. The van der Waals surface area contributed by atoms with Crippen LogP contribution >= 0.6 is 0 Å². The fourth-order valence-electron chi connectivity index (χ4n) is 1.36. The van der Waals surface area contributed by atoms with Crippen LogP contribution < -0.4 is 5.32 Å². The van der Waals surface area contributed by atoms with Crippen LogP contribution in [-0.2, 0) is 9.53 Å². The minimum Gasteiger partial charge on any atom is -0.394 e. The summed E-state index contributed by atoms with van der Waals surface area (Å²) in [5.74, 6) is 0. The first kappa shape index (κ1) is 14.3. The molecule has 1 amide bonds. The Morgan fingerprint density at radius 3 is 2.33 bits per heavy atom. The highest BCUT2D eigenvalue weighted by atomic mass is 16.6. The molecule has 1 aliphatic heterocycles. The first-order chi connectivity index (χ1) is 6.61. The Morgan fingerprint density at radius 2 is 1.87 bits per heavy atom. The zero-order valence-corrected chi connectivity index (χ0v) is 7.28. The summed E-state index contributed by atoms with van der Waals surface area (Å²) in [7, 11) is 0. The average molecular weight is 223 g/mol. The second-order valence-corrected chi connectivity index (χ2v) is 3.04. The van der Waals surface area contributed by atoms with Crippen molar-refractivity contribution >= 4 is 6.41 Å². The highest BCUT2D eigenvalue weighted by Gasteiger charge is 2.43. The van der Waals surface area contributed by atoms with Crippen molar-refractivity contribution in [3.63, 3.8) is 0 Å². The first-order valence-corrected chi connectivity index (χ1v) is 4.12. The molecule has 0 aromatic heterocycles. The van der Waals surface area contributed by atoms with E-state index in [1.807, 2.05) is 0 Å². The Labute approximate surface area is 87.3 Å². The number of aliphatic hydroxyl groups excluding tert-OH is 4. The van der Waals surface area contributed by atoms with Gasteiger partial charge in [-0.25, -0.2) is 0 Å². The van der Waals surface area contributed by atoms with Gasteiger partial charge in [-0.05, 0) is 0 Å². The zero-order valence-electron chi connectivity index (χ0n) is 7.28. The molecule has 0 saturated carbocycles. The molecule has 1 heterocycles. The molecular formula is C8H17NO6. The van der Waals surface area contributed by atoms with E-state index in [1.165, 1.54) is 0 Å². The molecular weight excluding hydrogens is 206 g/mol. The number of hydrogen-bond donors (Lipinski definition) is 5. The van der Waals surface area contributed by atoms with Crippen molar-refractivity contribution < 1.29 is 30.0 Å². The van der Waals surface area contributed by atoms with Gasteiger partial charge < -0.3 is 30.5 Å². The van der Waals surface area contributed by atoms with Crippen molar-refractivity contribution in [1.29, 1.82) is 0 Å². The van der Waals surface area contributed by atoms with E-state index in [1.54, 1.807) is 0 Å². The van der Waals surface area contributed by atoms with Crippen LogP contribution in [0.3, 0.4) is 0 Å². The summed E-state index contributed by atoms with van der Waals surface area (Å²) in [6, 6.07) is -1.09. The van der Waals surface area contributed by atoms with Crippen molar-refractivity contribution in [2.24, 2.45) is 0 Å². The Bertz CT molecular complexity index is 202. The molecule has 0 aliphatic carbocycles. The van der Waals surface area contributed by atoms with Gasteiger partial charge in [0.1, 0.15) is 24.4 Å². The predicted octanol–water partition coefficient (Wildman–Crippen LogP) is -2.83. The van der Waals surface area contributed by atoms with E-state index in [0.29, 0.717) is 0 Å². The fraction of sp³-hybridized carbons (Fsp3) is 0.875. The second kappa shape index (κ2) is 5.99. The van der Waals surface area contributed by atoms with Gasteiger partial charge in [0.2, 0.25) is 6.41 Å². The molecule has 15 heavy (non-hydrogen) atoms. The molecule has 0 bridgehead atoms. The van der Waals surface area contributed by atoms with Crippen LogP contribution in [0.4, 0.5) is 0 Å². The molecule has 0 radical (unpaired) electrons.